The summed E-state index contributed by atoms with van der Waals surface area (Å²) in [4.78, 5) is 0. The molecule has 1 aromatic heterocycles. The van der Waals surface area contributed by atoms with Gasteiger partial charge in [0.15, 0.2) is 0 Å². The van der Waals surface area contributed by atoms with E-state index >= 15 is 0 Å². The minimum atomic E-state index is 0.543. The first-order valence-corrected chi connectivity index (χ1v) is 7.18. The van der Waals surface area contributed by atoms with Crippen LogP contribution < -0.4 is 10.2 Å². The van der Waals surface area contributed by atoms with Crippen LogP contribution in [-0.4, -0.2) is 21.5 Å². The van der Waals surface area contributed by atoms with E-state index in [1.54, 1.807) is 11.0 Å². The van der Waals surface area contributed by atoms with Crippen LogP contribution in [0.15, 0.2) is 29.0 Å². The van der Waals surface area contributed by atoms with Gasteiger partial charge in [0.25, 0.3) is 0 Å². The van der Waals surface area contributed by atoms with E-state index < -0.39 is 0 Å². The molecule has 0 atom stereocenters. The topological polar surface area (TPSA) is 54.9 Å². The van der Waals surface area contributed by atoms with Gasteiger partial charge in [-0.2, -0.15) is 5.10 Å². The molecule has 1 heterocycles. The smallest absolute Gasteiger partial charge is 0.214 e. The molecule has 0 amide bonds. The number of hydrogen-bond donors (Lipinski definition) is 2. The van der Waals surface area contributed by atoms with Crippen LogP contribution in [0.4, 0.5) is 0 Å². The molecule has 0 aliphatic heterocycles. The largest absolute Gasteiger partial charge is 0.492 e. The summed E-state index contributed by atoms with van der Waals surface area (Å²) >= 11 is 8.56. The van der Waals surface area contributed by atoms with Crippen molar-refractivity contribution >= 4 is 28.1 Å². The number of halogens is 1. The maximum atomic E-state index is 5.61. The highest BCUT2D eigenvalue weighted by Gasteiger charge is 2.03. The van der Waals surface area contributed by atoms with E-state index in [1.165, 1.54) is 0 Å². The van der Waals surface area contributed by atoms with Crippen molar-refractivity contribution < 1.29 is 4.74 Å². The minimum Gasteiger partial charge on any atom is -0.492 e. The Hall–Kier alpha value is -1.34. The fourth-order valence-electron chi connectivity index (χ4n) is 1.52. The van der Waals surface area contributed by atoms with E-state index in [2.05, 4.69) is 38.5 Å². The summed E-state index contributed by atoms with van der Waals surface area (Å²) in [6.45, 7) is 3.46. The van der Waals surface area contributed by atoms with Gasteiger partial charge in [-0.15, -0.1) is 0 Å². The summed E-state index contributed by atoms with van der Waals surface area (Å²) < 4.78 is 8.78. The number of aromatic amines is 1. The molecule has 1 aromatic carbocycles. The number of benzene rings is 1. The van der Waals surface area contributed by atoms with Crippen molar-refractivity contribution in [1.29, 1.82) is 0 Å². The zero-order valence-corrected chi connectivity index (χ0v) is 12.9. The molecule has 0 unspecified atom stereocenters. The second-order valence-electron chi connectivity index (χ2n) is 3.98. The molecule has 0 saturated carbocycles. The lowest BCUT2D eigenvalue weighted by Gasteiger charge is -2.10. The van der Waals surface area contributed by atoms with Crippen LogP contribution in [-0.2, 0) is 6.54 Å². The van der Waals surface area contributed by atoms with Gasteiger partial charge in [-0.05, 0) is 52.3 Å². The van der Waals surface area contributed by atoms with Crippen LogP contribution in [0.5, 0.6) is 5.75 Å². The lowest BCUT2D eigenvalue weighted by Crippen LogP contribution is -2.13. The van der Waals surface area contributed by atoms with Crippen molar-refractivity contribution in [2.24, 2.45) is 0 Å². The van der Waals surface area contributed by atoms with Gasteiger partial charge in [-0.1, -0.05) is 13.0 Å². The standard InChI is InChI=1S/C12H15BrN4OS/c1-2-5-18-11-4-3-9(6-10(11)13)7-15-17-8-14-16-12(17)19/h3-4,6,8,15H,2,5,7H2,1H3,(H,16,19). The third kappa shape index (κ3) is 3.81. The molecule has 2 aromatic rings. The maximum absolute atomic E-state index is 5.61. The molecule has 7 heteroatoms. The zero-order valence-electron chi connectivity index (χ0n) is 10.5. The molecule has 2 N–H and O–H groups in total. The monoisotopic (exact) mass is 342 g/mol. The third-order valence-corrected chi connectivity index (χ3v) is 3.37. The summed E-state index contributed by atoms with van der Waals surface area (Å²) in [5, 5.41) is 6.53. The van der Waals surface area contributed by atoms with Crippen LogP contribution >= 0.6 is 28.1 Å². The molecule has 0 saturated heterocycles. The van der Waals surface area contributed by atoms with Crippen molar-refractivity contribution in [2.75, 3.05) is 12.0 Å². The molecule has 0 aliphatic rings. The van der Waals surface area contributed by atoms with Crippen molar-refractivity contribution in [1.82, 2.24) is 14.9 Å². The fourth-order valence-corrected chi connectivity index (χ4v) is 2.23. The van der Waals surface area contributed by atoms with Gasteiger partial charge >= 0.3 is 0 Å². The average molecular weight is 343 g/mol. The SMILES string of the molecule is CCCOc1ccc(CNn2cn[nH]c2=S)cc1Br. The van der Waals surface area contributed by atoms with E-state index in [0.29, 0.717) is 11.3 Å². The summed E-state index contributed by atoms with van der Waals surface area (Å²) in [6.07, 6.45) is 2.60. The normalized spacial score (nSPS) is 10.4. The summed E-state index contributed by atoms with van der Waals surface area (Å²) in [6, 6.07) is 6.01. The molecule has 0 aliphatic carbocycles. The summed E-state index contributed by atoms with van der Waals surface area (Å²) in [5.74, 6) is 0.866. The molecule has 0 fully saturated rings. The molecule has 2 rings (SSSR count). The Kier molecular flexibility index (Phi) is 4.98. The highest BCUT2D eigenvalue weighted by Crippen LogP contribution is 2.26. The maximum Gasteiger partial charge on any atom is 0.214 e. The first-order valence-electron chi connectivity index (χ1n) is 5.98. The molecule has 102 valence electrons. The number of rotatable bonds is 6. The lowest BCUT2D eigenvalue weighted by atomic mass is 10.2. The van der Waals surface area contributed by atoms with Crippen molar-refractivity contribution in [3.63, 3.8) is 0 Å². The Morgan fingerprint density at radius 3 is 3.00 bits per heavy atom. The highest BCUT2D eigenvalue weighted by atomic mass is 79.9. The fraction of sp³-hybridized carbons (Fsp3) is 0.333. The first kappa shape index (κ1) is 14.1. The predicted octanol–water partition coefficient (Wildman–Crippen LogP) is 3.24. The number of hydrogen-bond acceptors (Lipinski definition) is 4. The third-order valence-electron chi connectivity index (χ3n) is 2.46. The molecule has 0 bridgehead atoms. The second kappa shape index (κ2) is 6.72. The first-order chi connectivity index (χ1) is 9.20. The van der Waals surface area contributed by atoms with Crippen LogP contribution in [0.2, 0.25) is 0 Å². The quantitative estimate of drug-likeness (QED) is 0.791. The minimum absolute atomic E-state index is 0.543. The number of H-pyrrole nitrogens is 1. The van der Waals surface area contributed by atoms with Crippen LogP contribution in [0.25, 0.3) is 0 Å². The van der Waals surface area contributed by atoms with Gasteiger partial charge in [0, 0.05) is 0 Å². The molecule has 0 spiro atoms. The van der Waals surface area contributed by atoms with E-state index in [4.69, 9.17) is 17.0 Å². The number of nitrogens with zero attached hydrogens (tertiary/aromatic N) is 2. The van der Waals surface area contributed by atoms with Gasteiger partial charge in [-0.3, -0.25) is 5.10 Å². The van der Waals surface area contributed by atoms with E-state index in [0.717, 1.165) is 28.8 Å². The van der Waals surface area contributed by atoms with E-state index in [1.807, 2.05) is 18.2 Å². The number of ether oxygens (including phenoxy) is 1. The molecule has 0 radical (unpaired) electrons. The second-order valence-corrected chi connectivity index (χ2v) is 5.22. The molecular weight excluding hydrogens is 328 g/mol. The Morgan fingerprint density at radius 2 is 2.37 bits per heavy atom. The molecular formula is C12H15BrN4OS. The molecule has 19 heavy (non-hydrogen) atoms. The van der Waals surface area contributed by atoms with Crippen molar-refractivity contribution in [3.05, 3.63) is 39.3 Å². The van der Waals surface area contributed by atoms with Crippen LogP contribution in [0.3, 0.4) is 0 Å². The highest BCUT2D eigenvalue weighted by molar-refractivity contribution is 9.10. The summed E-state index contributed by atoms with van der Waals surface area (Å²) in [7, 11) is 0. The van der Waals surface area contributed by atoms with Gasteiger partial charge in [0.05, 0.1) is 17.6 Å². The molecule has 5 nitrogen and oxygen atoms in total. The van der Waals surface area contributed by atoms with Crippen LogP contribution in [0.1, 0.15) is 18.9 Å². The Labute approximate surface area is 125 Å². The van der Waals surface area contributed by atoms with Gasteiger partial charge in [-0.25, -0.2) is 4.68 Å². The van der Waals surface area contributed by atoms with Crippen molar-refractivity contribution in [2.45, 2.75) is 19.9 Å². The Morgan fingerprint density at radius 1 is 1.53 bits per heavy atom. The Balaban J connectivity index is 2.00. The van der Waals surface area contributed by atoms with Crippen molar-refractivity contribution in [3.8, 4) is 5.75 Å². The summed E-state index contributed by atoms with van der Waals surface area (Å²) in [5.41, 5.74) is 4.28. The van der Waals surface area contributed by atoms with E-state index in [9.17, 15) is 0 Å². The van der Waals surface area contributed by atoms with Crippen LogP contribution in [0, 0.1) is 4.77 Å². The number of aromatic nitrogens is 3. The number of nitrogens with one attached hydrogen (secondary N) is 2. The van der Waals surface area contributed by atoms with Gasteiger partial charge in [0.2, 0.25) is 4.77 Å². The van der Waals surface area contributed by atoms with E-state index in [-0.39, 0.29) is 0 Å². The van der Waals surface area contributed by atoms with Gasteiger partial charge in [0.1, 0.15) is 12.1 Å². The predicted molar refractivity (Wildman–Crippen MR) is 80.4 cm³/mol. The Bertz CT molecular complexity index is 595. The lowest BCUT2D eigenvalue weighted by molar-refractivity contribution is 0.315. The average Bonchev–Trinajstić information content (AvgIpc) is 2.81. The zero-order chi connectivity index (χ0) is 13.7. The van der Waals surface area contributed by atoms with Gasteiger partial charge < -0.3 is 10.2 Å².